The van der Waals surface area contributed by atoms with Crippen LogP contribution in [0.4, 0.5) is 0 Å². The van der Waals surface area contributed by atoms with Crippen molar-refractivity contribution in [2.24, 2.45) is 0 Å². The van der Waals surface area contributed by atoms with Gasteiger partial charge >= 0.3 is 0 Å². The predicted octanol–water partition coefficient (Wildman–Crippen LogP) is 3.10. The summed E-state index contributed by atoms with van der Waals surface area (Å²) in [6.07, 6.45) is 3.62. The number of Topliss-reactive ketones (excluding diaryl/α,β-unsaturated/α-hetero) is 1. The maximum Gasteiger partial charge on any atom is 0.134 e. The van der Waals surface area contributed by atoms with Gasteiger partial charge < -0.3 is 0 Å². The highest BCUT2D eigenvalue weighted by atomic mass is 32.2. The smallest absolute Gasteiger partial charge is 0.134 e. The Kier molecular flexibility index (Phi) is 4.21. The number of carbonyl (C=O) groups excluding carboxylic acids is 1. The second-order valence-corrected chi connectivity index (χ2v) is 4.18. The molecule has 1 nitrogen and oxygen atoms in total. The third-order valence-electron chi connectivity index (χ3n) is 2.26. The van der Waals surface area contributed by atoms with E-state index in [0.717, 1.165) is 6.42 Å². The van der Waals surface area contributed by atoms with Gasteiger partial charge in [-0.1, -0.05) is 19.1 Å². The van der Waals surface area contributed by atoms with Crippen LogP contribution in [0.1, 0.15) is 25.0 Å². The molecule has 0 aliphatic carbocycles. The number of rotatable bonds is 4. The van der Waals surface area contributed by atoms with E-state index in [1.807, 2.05) is 0 Å². The summed E-state index contributed by atoms with van der Waals surface area (Å²) in [5.74, 6) is 0.237. The van der Waals surface area contributed by atoms with E-state index in [2.05, 4.69) is 31.4 Å². The first-order valence-electron chi connectivity index (χ1n) is 4.83. The van der Waals surface area contributed by atoms with Crippen molar-refractivity contribution in [2.75, 3.05) is 6.26 Å². The van der Waals surface area contributed by atoms with Crippen LogP contribution in [0.2, 0.25) is 0 Å². The van der Waals surface area contributed by atoms with Gasteiger partial charge in [0.25, 0.3) is 0 Å². The van der Waals surface area contributed by atoms with Crippen molar-refractivity contribution in [1.82, 2.24) is 0 Å². The predicted molar refractivity (Wildman–Crippen MR) is 62.0 cm³/mol. The first-order valence-corrected chi connectivity index (χ1v) is 6.05. The number of hydrogen-bond acceptors (Lipinski definition) is 2. The fourth-order valence-corrected chi connectivity index (χ4v) is 2.25. The van der Waals surface area contributed by atoms with Crippen molar-refractivity contribution in [1.29, 1.82) is 0 Å². The number of carbonyl (C=O) groups is 1. The average molecular weight is 208 g/mol. The van der Waals surface area contributed by atoms with Gasteiger partial charge in [0.05, 0.1) is 0 Å². The molecule has 1 rings (SSSR count). The molecule has 1 aromatic rings. The molecule has 0 radical (unpaired) electrons. The van der Waals surface area contributed by atoms with Crippen molar-refractivity contribution in [3.05, 3.63) is 29.3 Å². The van der Waals surface area contributed by atoms with E-state index in [-0.39, 0.29) is 5.78 Å². The molecule has 2 heteroatoms. The fourth-order valence-electron chi connectivity index (χ4n) is 1.58. The van der Waals surface area contributed by atoms with Crippen LogP contribution < -0.4 is 0 Å². The van der Waals surface area contributed by atoms with E-state index in [9.17, 15) is 4.79 Å². The lowest BCUT2D eigenvalue weighted by Crippen LogP contribution is -2.02. The van der Waals surface area contributed by atoms with E-state index in [1.54, 1.807) is 18.7 Å². The Bertz CT molecular complexity index is 309. The quantitative estimate of drug-likeness (QED) is 0.707. The Labute approximate surface area is 89.9 Å². The van der Waals surface area contributed by atoms with E-state index >= 15 is 0 Å². The van der Waals surface area contributed by atoms with Gasteiger partial charge in [0.1, 0.15) is 5.78 Å². The number of thioether (sulfide) groups is 1. The molecule has 0 amide bonds. The van der Waals surface area contributed by atoms with Crippen molar-refractivity contribution in [3.63, 3.8) is 0 Å². The van der Waals surface area contributed by atoms with Crippen LogP contribution in [-0.4, -0.2) is 12.0 Å². The summed E-state index contributed by atoms with van der Waals surface area (Å²) in [5, 5.41) is 0. The molecule has 0 spiro atoms. The molecule has 0 saturated carbocycles. The third-order valence-corrected chi connectivity index (χ3v) is 3.08. The molecule has 0 aliphatic heterocycles. The summed E-state index contributed by atoms with van der Waals surface area (Å²) < 4.78 is 0. The molecule has 0 N–H and O–H groups in total. The van der Waals surface area contributed by atoms with Crippen molar-refractivity contribution >= 4 is 17.5 Å². The van der Waals surface area contributed by atoms with Gasteiger partial charge in [0, 0.05) is 11.3 Å². The van der Waals surface area contributed by atoms with E-state index in [4.69, 9.17) is 0 Å². The molecule has 0 heterocycles. The Morgan fingerprint density at radius 3 is 2.64 bits per heavy atom. The summed E-state index contributed by atoms with van der Waals surface area (Å²) in [5.41, 5.74) is 2.52. The Hall–Kier alpha value is -0.760. The van der Waals surface area contributed by atoms with Crippen LogP contribution >= 0.6 is 11.8 Å². The van der Waals surface area contributed by atoms with Crippen LogP contribution in [0.5, 0.6) is 0 Å². The van der Waals surface area contributed by atoms with Crippen LogP contribution in [0.3, 0.4) is 0 Å². The monoisotopic (exact) mass is 208 g/mol. The minimum absolute atomic E-state index is 0.237. The highest BCUT2D eigenvalue weighted by molar-refractivity contribution is 7.98. The van der Waals surface area contributed by atoms with Gasteiger partial charge in [-0.15, -0.1) is 11.8 Å². The fraction of sp³-hybridized carbons (Fsp3) is 0.417. The molecule has 0 bridgehead atoms. The van der Waals surface area contributed by atoms with E-state index in [1.165, 1.54) is 16.0 Å². The lowest BCUT2D eigenvalue weighted by Gasteiger charge is -2.10. The lowest BCUT2D eigenvalue weighted by molar-refractivity contribution is -0.116. The molecule has 14 heavy (non-hydrogen) atoms. The lowest BCUT2D eigenvalue weighted by atomic mass is 10.0. The number of hydrogen-bond donors (Lipinski definition) is 0. The third kappa shape index (κ3) is 2.61. The van der Waals surface area contributed by atoms with Crippen molar-refractivity contribution in [3.8, 4) is 0 Å². The molecule has 0 saturated heterocycles. The van der Waals surface area contributed by atoms with Gasteiger partial charge in [-0.3, -0.25) is 4.79 Å². The summed E-state index contributed by atoms with van der Waals surface area (Å²) in [6, 6.07) is 6.26. The molecule has 1 aromatic carbocycles. The first-order chi connectivity index (χ1) is 6.69. The van der Waals surface area contributed by atoms with Gasteiger partial charge in [-0.05, 0) is 36.8 Å². The minimum Gasteiger partial charge on any atom is -0.300 e. The maximum absolute atomic E-state index is 11.1. The van der Waals surface area contributed by atoms with Gasteiger partial charge in [0.15, 0.2) is 0 Å². The first kappa shape index (κ1) is 11.3. The zero-order chi connectivity index (χ0) is 10.6. The molecule has 0 aromatic heterocycles. The van der Waals surface area contributed by atoms with Crippen molar-refractivity contribution < 1.29 is 4.79 Å². The molecule has 0 aliphatic rings. The number of benzene rings is 1. The second kappa shape index (κ2) is 5.20. The van der Waals surface area contributed by atoms with Crippen LogP contribution in [-0.2, 0) is 17.6 Å². The van der Waals surface area contributed by atoms with Gasteiger partial charge in [0.2, 0.25) is 0 Å². The molecule has 76 valence electrons. The Balaban J connectivity index is 3.12. The second-order valence-electron chi connectivity index (χ2n) is 3.33. The van der Waals surface area contributed by atoms with Crippen molar-refractivity contribution in [2.45, 2.75) is 31.6 Å². The largest absolute Gasteiger partial charge is 0.300 e. The van der Waals surface area contributed by atoms with Gasteiger partial charge in [-0.2, -0.15) is 0 Å². The molecule has 0 fully saturated rings. The summed E-state index contributed by atoms with van der Waals surface area (Å²) in [6.45, 7) is 3.78. The molecule has 0 unspecified atom stereocenters. The highest BCUT2D eigenvalue weighted by Gasteiger charge is 2.08. The SMILES string of the molecule is CCc1cccc(SC)c1CC(C)=O. The highest BCUT2D eigenvalue weighted by Crippen LogP contribution is 2.24. The standard InChI is InChI=1S/C12H16OS/c1-4-10-6-5-7-12(14-3)11(10)8-9(2)13/h5-7H,4,8H2,1-3H3. The zero-order valence-electron chi connectivity index (χ0n) is 8.96. The topological polar surface area (TPSA) is 17.1 Å². The summed E-state index contributed by atoms with van der Waals surface area (Å²) in [4.78, 5) is 12.4. The Morgan fingerprint density at radius 2 is 2.14 bits per heavy atom. The number of aryl methyl sites for hydroxylation is 1. The molecule has 0 atom stereocenters. The maximum atomic E-state index is 11.1. The normalized spacial score (nSPS) is 10.2. The van der Waals surface area contributed by atoms with Crippen LogP contribution in [0.25, 0.3) is 0 Å². The minimum atomic E-state index is 0.237. The average Bonchev–Trinajstić information content (AvgIpc) is 2.17. The summed E-state index contributed by atoms with van der Waals surface area (Å²) >= 11 is 1.71. The summed E-state index contributed by atoms with van der Waals surface area (Å²) in [7, 11) is 0. The van der Waals surface area contributed by atoms with Gasteiger partial charge in [-0.25, -0.2) is 0 Å². The van der Waals surface area contributed by atoms with Crippen LogP contribution in [0, 0.1) is 0 Å². The Morgan fingerprint density at radius 1 is 1.43 bits per heavy atom. The number of ketones is 1. The van der Waals surface area contributed by atoms with Crippen LogP contribution in [0.15, 0.2) is 23.1 Å². The van der Waals surface area contributed by atoms with E-state index in [0.29, 0.717) is 6.42 Å². The zero-order valence-corrected chi connectivity index (χ0v) is 9.78. The molecular formula is C12H16OS. The molecular weight excluding hydrogens is 192 g/mol. The van der Waals surface area contributed by atoms with E-state index < -0.39 is 0 Å².